The fraction of sp³-hybridized carbons (Fsp3) is 0.200. The first-order valence-corrected chi connectivity index (χ1v) is 6.90. The molecule has 2 aromatic carbocycles. The number of nitrogens with two attached hydrogens (primary N) is 1. The second-order valence-electron chi connectivity index (χ2n) is 4.72. The molecule has 2 nitrogen and oxygen atoms in total. The van der Waals surface area contributed by atoms with Crippen LogP contribution in [-0.4, -0.2) is 6.54 Å². The Kier molecular flexibility index (Phi) is 3.00. The lowest BCUT2D eigenvalue weighted by atomic mass is 9.77. The zero-order valence-electron chi connectivity index (χ0n) is 9.99. The Labute approximate surface area is 115 Å². The molecule has 0 aromatic heterocycles. The van der Waals surface area contributed by atoms with E-state index in [9.17, 15) is 0 Å². The molecule has 0 aliphatic heterocycles. The molecule has 3 N–H and O–H groups in total. The summed E-state index contributed by atoms with van der Waals surface area (Å²) in [5.41, 5.74) is 10.6. The number of nitrogen functional groups attached to an aromatic ring is 1. The number of nitrogens with one attached hydrogen (secondary N) is 1. The minimum absolute atomic E-state index is 0.630. The molecule has 1 unspecified atom stereocenters. The van der Waals surface area contributed by atoms with Crippen LogP contribution in [-0.2, 0) is 6.42 Å². The van der Waals surface area contributed by atoms with E-state index in [0.717, 1.165) is 22.4 Å². The van der Waals surface area contributed by atoms with Gasteiger partial charge in [0.25, 0.3) is 0 Å². The average Bonchev–Trinajstić information content (AvgIpc) is 2.33. The third-order valence-electron chi connectivity index (χ3n) is 3.49. The van der Waals surface area contributed by atoms with E-state index in [4.69, 9.17) is 5.73 Å². The van der Waals surface area contributed by atoms with Crippen molar-refractivity contribution in [3.8, 4) is 0 Å². The van der Waals surface area contributed by atoms with Gasteiger partial charge in [-0.3, -0.25) is 0 Å². The van der Waals surface area contributed by atoms with Crippen LogP contribution in [0, 0.1) is 0 Å². The van der Waals surface area contributed by atoms with E-state index in [-0.39, 0.29) is 0 Å². The molecule has 0 bridgehead atoms. The van der Waals surface area contributed by atoms with Crippen molar-refractivity contribution in [2.75, 3.05) is 17.6 Å². The third kappa shape index (κ3) is 2.10. The monoisotopic (exact) mass is 302 g/mol. The van der Waals surface area contributed by atoms with Gasteiger partial charge in [0.2, 0.25) is 0 Å². The Morgan fingerprint density at radius 2 is 2.06 bits per heavy atom. The number of benzene rings is 2. The summed E-state index contributed by atoms with van der Waals surface area (Å²) in [5.74, 6) is 0.630. The maximum absolute atomic E-state index is 5.73. The van der Waals surface area contributed by atoms with E-state index in [0.29, 0.717) is 5.92 Å². The molecule has 0 saturated heterocycles. The quantitative estimate of drug-likeness (QED) is 0.847. The van der Waals surface area contributed by atoms with Gasteiger partial charge in [0.15, 0.2) is 0 Å². The van der Waals surface area contributed by atoms with E-state index < -0.39 is 0 Å². The Morgan fingerprint density at radius 3 is 2.83 bits per heavy atom. The van der Waals surface area contributed by atoms with Gasteiger partial charge in [0.1, 0.15) is 0 Å². The Balaban J connectivity index is 1.66. The highest BCUT2D eigenvalue weighted by molar-refractivity contribution is 9.10. The maximum atomic E-state index is 5.73. The van der Waals surface area contributed by atoms with Gasteiger partial charge in [0.05, 0.1) is 0 Å². The highest BCUT2D eigenvalue weighted by atomic mass is 79.9. The first-order valence-electron chi connectivity index (χ1n) is 6.11. The molecule has 0 heterocycles. The van der Waals surface area contributed by atoms with Gasteiger partial charge < -0.3 is 11.1 Å². The molecule has 1 aliphatic carbocycles. The normalized spacial score (nSPS) is 16.8. The standard InChI is InChI=1S/C15H15BrN2/c16-14-8-12(17)5-6-15(14)18-9-11-7-10-3-1-2-4-13(10)11/h1-6,8,11,18H,7,9,17H2. The number of halogens is 1. The minimum atomic E-state index is 0.630. The molecule has 2 aromatic rings. The van der Waals surface area contributed by atoms with Crippen LogP contribution in [0.4, 0.5) is 11.4 Å². The summed E-state index contributed by atoms with van der Waals surface area (Å²) < 4.78 is 1.02. The van der Waals surface area contributed by atoms with Gasteiger partial charge in [-0.1, -0.05) is 24.3 Å². The van der Waals surface area contributed by atoms with Gasteiger partial charge in [-0.2, -0.15) is 0 Å². The van der Waals surface area contributed by atoms with E-state index >= 15 is 0 Å². The molecule has 18 heavy (non-hydrogen) atoms. The zero-order chi connectivity index (χ0) is 12.5. The fourth-order valence-electron chi connectivity index (χ4n) is 2.45. The number of fused-ring (bicyclic) bond motifs is 1. The predicted octanol–water partition coefficient (Wildman–Crippen LogP) is 3.78. The van der Waals surface area contributed by atoms with Crippen LogP contribution in [0.25, 0.3) is 0 Å². The highest BCUT2D eigenvalue weighted by Gasteiger charge is 2.24. The zero-order valence-corrected chi connectivity index (χ0v) is 11.6. The van der Waals surface area contributed by atoms with Crippen LogP contribution in [0.3, 0.4) is 0 Å². The van der Waals surface area contributed by atoms with Crippen molar-refractivity contribution in [1.82, 2.24) is 0 Å². The molecule has 3 heteroatoms. The fourth-order valence-corrected chi connectivity index (χ4v) is 2.99. The van der Waals surface area contributed by atoms with Crippen molar-refractivity contribution < 1.29 is 0 Å². The van der Waals surface area contributed by atoms with Crippen LogP contribution >= 0.6 is 15.9 Å². The van der Waals surface area contributed by atoms with Gasteiger partial charge >= 0.3 is 0 Å². The number of anilines is 2. The number of rotatable bonds is 3. The lowest BCUT2D eigenvalue weighted by Gasteiger charge is -2.30. The topological polar surface area (TPSA) is 38.0 Å². The van der Waals surface area contributed by atoms with Crippen molar-refractivity contribution in [2.45, 2.75) is 12.3 Å². The van der Waals surface area contributed by atoms with Gasteiger partial charge in [-0.15, -0.1) is 0 Å². The van der Waals surface area contributed by atoms with Crippen molar-refractivity contribution in [1.29, 1.82) is 0 Å². The summed E-state index contributed by atoms with van der Waals surface area (Å²) in [6.07, 6.45) is 1.18. The third-order valence-corrected chi connectivity index (χ3v) is 4.15. The Morgan fingerprint density at radius 1 is 1.22 bits per heavy atom. The van der Waals surface area contributed by atoms with Crippen LogP contribution in [0.15, 0.2) is 46.9 Å². The predicted molar refractivity (Wildman–Crippen MR) is 79.9 cm³/mol. The first kappa shape index (κ1) is 11.6. The molecule has 3 rings (SSSR count). The van der Waals surface area contributed by atoms with Gasteiger partial charge in [-0.05, 0) is 51.7 Å². The van der Waals surface area contributed by atoms with Gasteiger partial charge in [0, 0.05) is 28.3 Å². The highest BCUT2D eigenvalue weighted by Crippen LogP contribution is 2.35. The SMILES string of the molecule is Nc1ccc(NCC2Cc3ccccc32)c(Br)c1. The minimum Gasteiger partial charge on any atom is -0.399 e. The van der Waals surface area contributed by atoms with Crippen LogP contribution in [0.1, 0.15) is 17.0 Å². The van der Waals surface area contributed by atoms with E-state index in [1.54, 1.807) is 0 Å². The van der Waals surface area contributed by atoms with Crippen molar-refractivity contribution in [2.24, 2.45) is 0 Å². The Hall–Kier alpha value is -1.48. The summed E-state index contributed by atoms with van der Waals surface area (Å²) in [5, 5.41) is 3.48. The van der Waals surface area contributed by atoms with Crippen molar-refractivity contribution in [3.63, 3.8) is 0 Å². The largest absolute Gasteiger partial charge is 0.399 e. The Bertz CT molecular complexity index is 580. The molecule has 0 radical (unpaired) electrons. The molecular formula is C15H15BrN2. The molecule has 0 amide bonds. The van der Waals surface area contributed by atoms with Crippen molar-refractivity contribution >= 4 is 27.3 Å². The number of hydrogen-bond acceptors (Lipinski definition) is 2. The summed E-state index contributed by atoms with van der Waals surface area (Å²) in [7, 11) is 0. The smallest absolute Gasteiger partial charge is 0.0486 e. The van der Waals surface area contributed by atoms with Crippen LogP contribution in [0.2, 0.25) is 0 Å². The summed E-state index contributed by atoms with van der Waals surface area (Å²) in [6, 6.07) is 14.5. The summed E-state index contributed by atoms with van der Waals surface area (Å²) in [6.45, 7) is 0.972. The molecule has 92 valence electrons. The molecule has 1 aliphatic rings. The maximum Gasteiger partial charge on any atom is 0.0486 e. The second kappa shape index (κ2) is 4.65. The molecule has 0 saturated carbocycles. The van der Waals surface area contributed by atoms with E-state index in [2.05, 4.69) is 45.5 Å². The second-order valence-corrected chi connectivity index (χ2v) is 5.57. The van der Waals surface area contributed by atoms with Crippen LogP contribution < -0.4 is 11.1 Å². The summed E-state index contributed by atoms with van der Waals surface area (Å²) >= 11 is 3.53. The molecule has 0 spiro atoms. The lowest BCUT2D eigenvalue weighted by molar-refractivity contribution is 0.635. The summed E-state index contributed by atoms with van der Waals surface area (Å²) in [4.78, 5) is 0. The number of hydrogen-bond donors (Lipinski definition) is 2. The molecule has 1 atom stereocenters. The van der Waals surface area contributed by atoms with E-state index in [1.165, 1.54) is 17.5 Å². The molecule has 0 fully saturated rings. The van der Waals surface area contributed by atoms with E-state index in [1.807, 2.05) is 18.2 Å². The van der Waals surface area contributed by atoms with Crippen LogP contribution in [0.5, 0.6) is 0 Å². The first-order chi connectivity index (χ1) is 8.74. The molecular weight excluding hydrogens is 288 g/mol. The van der Waals surface area contributed by atoms with Crippen molar-refractivity contribution in [3.05, 3.63) is 58.1 Å². The lowest BCUT2D eigenvalue weighted by Crippen LogP contribution is -2.24. The average molecular weight is 303 g/mol. The van der Waals surface area contributed by atoms with Gasteiger partial charge in [-0.25, -0.2) is 0 Å².